The van der Waals surface area contributed by atoms with Crippen LogP contribution in [0.3, 0.4) is 0 Å². The van der Waals surface area contributed by atoms with Crippen molar-refractivity contribution in [3.63, 3.8) is 0 Å². The molecule has 0 radical (unpaired) electrons. The topological polar surface area (TPSA) is 80.9 Å². The predicted octanol–water partition coefficient (Wildman–Crippen LogP) is 1.44. The van der Waals surface area contributed by atoms with Gasteiger partial charge in [0.2, 0.25) is 0 Å². The molecule has 19 heavy (non-hydrogen) atoms. The van der Waals surface area contributed by atoms with Crippen molar-refractivity contribution in [1.29, 1.82) is 0 Å². The van der Waals surface area contributed by atoms with E-state index in [2.05, 4.69) is 15.3 Å². The fourth-order valence-corrected chi connectivity index (χ4v) is 1.99. The van der Waals surface area contributed by atoms with Crippen molar-refractivity contribution in [2.75, 3.05) is 0 Å². The molecule has 0 saturated heterocycles. The molecule has 0 spiro atoms. The predicted molar refractivity (Wildman–Crippen MR) is 68.0 cm³/mol. The molecule has 2 heterocycles. The molecule has 0 unspecified atom stereocenters. The summed E-state index contributed by atoms with van der Waals surface area (Å²) in [5, 5.41) is 17.6. The highest BCUT2D eigenvalue weighted by Gasteiger charge is 2.12. The van der Waals surface area contributed by atoms with Gasteiger partial charge in [0.15, 0.2) is 0 Å². The van der Waals surface area contributed by atoms with Crippen molar-refractivity contribution in [3.8, 4) is 5.69 Å². The number of hydrogen-bond donors (Lipinski definition) is 1. The number of hydrogen-bond acceptors (Lipinski definition) is 4. The molecule has 1 aromatic carbocycles. The van der Waals surface area contributed by atoms with Crippen molar-refractivity contribution < 1.29 is 9.90 Å². The van der Waals surface area contributed by atoms with Gasteiger partial charge in [-0.05, 0) is 12.1 Å². The average Bonchev–Trinajstić information content (AvgIpc) is 2.85. The minimum Gasteiger partial charge on any atom is -0.481 e. The minimum absolute atomic E-state index is 0.129. The van der Waals surface area contributed by atoms with Crippen LogP contribution in [-0.2, 0) is 11.2 Å². The quantitative estimate of drug-likeness (QED) is 0.765. The summed E-state index contributed by atoms with van der Waals surface area (Å²) in [4.78, 5) is 15.2. The molecule has 0 bridgehead atoms. The number of benzene rings is 1. The molecule has 3 rings (SSSR count). The summed E-state index contributed by atoms with van der Waals surface area (Å²) in [6, 6.07) is 9.46. The molecule has 0 aliphatic carbocycles. The second-order valence-electron chi connectivity index (χ2n) is 4.06. The van der Waals surface area contributed by atoms with Gasteiger partial charge in [0.1, 0.15) is 0 Å². The fourth-order valence-electron chi connectivity index (χ4n) is 1.99. The summed E-state index contributed by atoms with van der Waals surface area (Å²) in [6.07, 6.45) is 3.02. The van der Waals surface area contributed by atoms with Crippen LogP contribution in [-0.4, -0.2) is 31.1 Å². The van der Waals surface area contributed by atoms with Crippen LogP contribution >= 0.6 is 0 Å². The van der Waals surface area contributed by atoms with Gasteiger partial charge in [-0.1, -0.05) is 23.4 Å². The number of carbonyl (C=O) groups is 1. The summed E-state index contributed by atoms with van der Waals surface area (Å²) < 4.78 is 1.52. The molecule has 2 aromatic heterocycles. The maximum absolute atomic E-state index is 10.8. The van der Waals surface area contributed by atoms with Gasteiger partial charge in [0.25, 0.3) is 0 Å². The van der Waals surface area contributed by atoms with Crippen LogP contribution in [0.5, 0.6) is 0 Å². The molecular formula is C13H10N4O2. The van der Waals surface area contributed by atoms with Gasteiger partial charge in [0, 0.05) is 11.6 Å². The monoisotopic (exact) mass is 254 g/mol. The Morgan fingerprint density at radius 3 is 2.95 bits per heavy atom. The van der Waals surface area contributed by atoms with Gasteiger partial charge in [-0.15, -0.1) is 5.10 Å². The van der Waals surface area contributed by atoms with Crippen LogP contribution in [0.1, 0.15) is 5.69 Å². The van der Waals surface area contributed by atoms with Gasteiger partial charge >= 0.3 is 5.97 Å². The van der Waals surface area contributed by atoms with Crippen molar-refractivity contribution in [3.05, 3.63) is 48.4 Å². The van der Waals surface area contributed by atoms with E-state index in [1.807, 2.05) is 30.3 Å². The number of pyridine rings is 1. The highest BCUT2D eigenvalue weighted by molar-refractivity contribution is 5.86. The molecule has 0 aliphatic heterocycles. The third-order valence-corrected chi connectivity index (χ3v) is 2.79. The SMILES string of the molecule is O=C(O)Cc1cnnn1-c1cccc2cccnc12. The van der Waals surface area contributed by atoms with Crippen LogP contribution in [0, 0.1) is 0 Å². The van der Waals surface area contributed by atoms with E-state index in [9.17, 15) is 4.79 Å². The lowest BCUT2D eigenvalue weighted by Crippen LogP contribution is -2.08. The second-order valence-corrected chi connectivity index (χ2v) is 4.06. The van der Waals surface area contributed by atoms with Crippen LogP contribution in [0.4, 0.5) is 0 Å². The van der Waals surface area contributed by atoms with Gasteiger partial charge in [-0.25, -0.2) is 4.68 Å². The standard InChI is InChI=1S/C13H10N4O2/c18-12(19)7-10-8-15-16-17(10)11-5-1-3-9-4-2-6-14-13(9)11/h1-6,8H,7H2,(H,18,19). The number of aliphatic carboxylic acids is 1. The van der Waals surface area contributed by atoms with Gasteiger partial charge in [0.05, 0.1) is 29.5 Å². The molecule has 0 fully saturated rings. The van der Waals surface area contributed by atoms with E-state index < -0.39 is 5.97 Å². The van der Waals surface area contributed by atoms with Gasteiger partial charge < -0.3 is 5.11 Å². The smallest absolute Gasteiger partial charge is 0.309 e. The number of nitrogens with zero attached hydrogens (tertiary/aromatic N) is 4. The Morgan fingerprint density at radius 1 is 1.26 bits per heavy atom. The highest BCUT2D eigenvalue weighted by atomic mass is 16.4. The van der Waals surface area contributed by atoms with Crippen molar-refractivity contribution in [2.24, 2.45) is 0 Å². The number of carboxylic acid groups (broad SMARTS) is 1. The van der Waals surface area contributed by atoms with E-state index in [1.165, 1.54) is 10.9 Å². The number of para-hydroxylation sites is 1. The Bertz CT molecular complexity index is 746. The van der Waals surface area contributed by atoms with Crippen LogP contribution in [0.2, 0.25) is 0 Å². The Kier molecular flexibility index (Phi) is 2.68. The van der Waals surface area contributed by atoms with Crippen molar-refractivity contribution in [1.82, 2.24) is 20.0 Å². The third kappa shape index (κ3) is 2.03. The molecule has 3 aromatic rings. The molecule has 94 valence electrons. The molecule has 6 nitrogen and oxygen atoms in total. The fraction of sp³-hybridized carbons (Fsp3) is 0.0769. The van der Waals surface area contributed by atoms with Crippen LogP contribution < -0.4 is 0 Å². The zero-order valence-corrected chi connectivity index (χ0v) is 9.89. The molecule has 0 aliphatic rings. The Hall–Kier alpha value is -2.76. The lowest BCUT2D eigenvalue weighted by atomic mass is 10.2. The Morgan fingerprint density at radius 2 is 2.11 bits per heavy atom. The summed E-state index contributed by atoms with van der Waals surface area (Å²) >= 11 is 0. The maximum Gasteiger partial charge on any atom is 0.309 e. The lowest BCUT2D eigenvalue weighted by Gasteiger charge is -2.07. The maximum atomic E-state index is 10.8. The summed E-state index contributed by atoms with van der Waals surface area (Å²) in [6.45, 7) is 0. The van der Waals surface area contributed by atoms with Crippen LogP contribution in [0.15, 0.2) is 42.7 Å². The van der Waals surface area contributed by atoms with E-state index in [-0.39, 0.29) is 6.42 Å². The van der Waals surface area contributed by atoms with E-state index in [1.54, 1.807) is 6.20 Å². The number of aromatic nitrogens is 4. The summed E-state index contributed by atoms with van der Waals surface area (Å²) in [5.74, 6) is -0.920. The minimum atomic E-state index is -0.920. The van der Waals surface area contributed by atoms with Gasteiger partial charge in [-0.3, -0.25) is 9.78 Å². The lowest BCUT2D eigenvalue weighted by molar-refractivity contribution is -0.136. The highest BCUT2D eigenvalue weighted by Crippen LogP contribution is 2.20. The van der Waals surface area contributed by atoms with Crippen molar-refractivity contribution in [2.45, 2.75) is 6.42 Å². The summed E-state index contributed by atoms with van der Waals surface area (Å²) in [7, 11) is 0. The average molecular weight is 254 g/mol. The van der Waals surface area contributed by atoms with E-state index in [4.69, 9.17) is 5.11 Å². The molecule has 0 saturated carbocycles. The Balaban J connectivity index is 2.20. The summed E-state index contributed by atoms with van der Waals surface area (Å²) in [5.41, 5.74) is 2.01. The first-order chi connectivity index (χ1) is 9.25. The van der Waals surface area contributed by atoms with Crippen molar-refractivity contribution >= 4 is 16.9 Å². The molecule has 0 amide bonds. The normalized spacial score (nSPS) is 10.7. The van der Waals surface area contributed by atoms with E-state index in [0.717, 1.165) is 16.6 Å². The number of rotatable bonds is 3. The first kappa shape index (κ1) is 11.3. The van der Waals surface area contributed by atoms with Gasteiger partial charge in [-0.2, -0.15) is 0 Å². The molecule has 6 heteroatoms. The zero-order chi connectivity index (χ0) is 13.2. The number of carboxylic acids is 1. The Labute approximate surface area is 108 Å². The third-order valence-electron chi connectivity index (χ3n) is 2.79. The molecule has 0 atom stereocenters. The first-order valence-electron chi connectivity index (χ1n) is 5.71. The first-order valence-corrected chi connectivity index (χ1v) is 5.71. The molecular weight excluding hydrogens is 244 g/mol. The van der Waals surface area contributed by atoms with Crippen LogP contribution in [0.25, 0.3) is 16.6 Å². The zero-order valence-electron chi connectivity index (χ0n) is 9.89. The second kappa shape index (κ2) is 4.49. The molecule has 1 N–H and O–H groups in total. The van der Waals surface area contributed by atoms with E-state index >= 15 is 0 Å². The number of fused-ring (bicyclic) bond motifs is 1. The largest absolute Gasteiger partial charge is 0.481 e. The van der Waals surface area contributed by atoms with E-state index in [0.29, 0.717) is 5.69 Å².